The molecule has 1 rings (SSSR count). The molecule has 1 saturated heterocycles. The molecule has 1 fully saturated rings. The second-order valence-corrected chi connectivity index (χ2v) is 4.87. The predicted molar refractivity (Wildman–Crippen MR) is 65.6 cm³/mol. The number of aliphatic hydroxyl groups is 2. The van der Waals surface area contributed by atoms with E-state index < -0.39 is 11.1 Å². The van der Waals surface area contributed by atoms with Crippen LogP contribution in [0.4, 0.5) is 0 Å². The molecule has 4 N–H and O–H groups in total. The fraction of sp³-hybridized carbons (Fsp3) is 0.917. The van der Waals surface area contributed by atoms with E-state index in [0.29, 0.717) is 6.42 Å². The molecule has 0 bridgehead atoms. The Bertz CT molecular complexity index is 250. The third-order valence-corrected chi connectivity index (χ3v) is 3.94. The highest BCUT2D eigenvalue weighted by atomic mass is 16.3. The second kappa shape index (κ2) is 5.80. The maximum Gasteiger partial charge on any atom is 0.240 e. The molecule has 1 heterocycles. The molecule has 1 aliphatic heterocycles. The van der Waals surface area contributed by atoms with Crippen LogP contribution in [0.2, 0.25) is 0 Å². The maximum absolute atomic E-state index is 12.3. The Labute approximate surface area is 103 Å². The molecule has 0 aromatic heterocycles. The number of carbonyl (C=O) groups excluding carboxylic acids is 1. The van der Waals surface area contributed by atoms with E-state index >= 15 is 0 Å². The third-order valence-electron chi connectivity index (χ3n) is 3.94. The molecule has 5 heteroatoms. The average Bonchev–Trinajstić information content (AvgIpc) is 2.86. The lowest BCUT2D eigenvalue weighted by Gasteiger charge is -2.35. The van der Waals surface area contributed by atoms with Gasteiger partial charge in [-0.15, -0.1) is 0 Å². The number of carbonyl (C=O) groups is 1. The predicted octanol–water partition coefficient (Wildman–Crippen LogP) is -0.232. The standard InChI is InChI=1S/C12H24N2O3/c1-3-11(8-15,9-16)14-10(17)12(4-2)6-5-7-13-12/h13,15-16H,3-9H2,1-2H3,(H,14,17). The molecular formula is C12H24N2O3. The zero-order valence-electron chi connectivity index (χ0n) is 10.8. The van der Waals surface area contributed by atoms with E-state index in [1.54, 1.807) is 0 Å². The van der Waals surface area contributed by atoms with Crippen LogP contribution in [0.25, 0.3) is 0 Å². The van der Waals surface area contributed by atoms with Crippen molar-refractivity contribution in [2.24, 2.45) is 0 Å². The lowest BCUT2D eigenvalue weighted by atomic mass is 9.90. The Morgan fingerprint density at radius 1 is 1.41 bits per heavy atom. The van der Waals surface area contributed by atoms with Crippen LogP contribution in [-0.4, -0.2) is 47.0 Å². The summed E-state index contributed by atoms with van der Waals surface area (Å²) >= 11 is 0. The molecule has 0 aromatic rings. The van der Waals surface area contributed by atoms with Gasteiger partial charge in [0.25, 0.3) is 0 Å². The molecule has 0 spiro atoms. The van der Waals surface area contributed by atoms with Crippen molar-refractivity contribution in [2.45, 2.75) is 50.6 Å². The van der Waals surface area contributed by atoms with Gasteiger partial charge in [0.15, 0.2) is 0 Å². The van der Waals surface area contributed by atoms with Crippen LogP contribution in [0.15, 0.2) is 0 Å². The van der Waals surface area contributed by atoms with E-state index in [2.05, 4.69) is 10.6 Å². The summed E-state index contributed by atoms with van der Waals surface area (Å²) in [6.07, 6.45) is 3.02. The highest BCUT2D eigenvalue weighted by Crippen LogP contribution is 2.24. The van der Waals surface area contributed by atoms with Crippen molar-refractivity contribution in [2.75, 3.05) is 19.8 Å². The van der Waals surface area contributed by atoms with Gasteiger partial charge in [-0.2, -0.15) is 0 Å². The summed E-state index contributed by atoms with van der Waals surface area (Å²) in [6, 6.07) is 0. The summed E-state index contributed by atoms with van der Waals surface area (Å²) < 4.78 is 0. The minimum Gasteiger partial charge on any atom is -0.394 e. The summed E-state index contributed by atoms with van der Waals surface area (Å²) in [6.45, 7) is 4.17. The number of rotatable bonds is 6. The molecular weight excluding hydrogens is 220 g/mol. The highest BCUT2D eigenvalue weighted by Gasteiger charge is 2.42. The molecule has 1 amide bonds. The van der Waals surface area contributed by atoms with Crippen LogP contribution in [0.5, 0.6) is 0 Å². The van der Waals surface area contributed by atoms with Gasteiger partial charge in [-0.3, -0.25) is 4.79 Å². The van der Waals surface area contributed by atoms with E-state index in [4.69, 9.17) is 0 Å². The van der Waals surface area contributed by atoms with Gasteiger partial charge < -0.3 is 20.8 Å². The quantitative estimate of drug-likeness (QED) is 0.520. The molecule has 0 radical (unpaired) electrons. The fourth-order valence-electron chi connectivity index (χ4n) is 2.26. The molecule has 1 aliphatic rings. The Morgan fingerprint density at radius 3 is 2.41 bits per heavy atom. The Kier molecular flexibility index (Phi) is 4.91. The first-order valence-corrected chi connectivity index (χ1v) is 6.37. The lowest BCUT2D eigenvalue weighted by Crippen LogP contribution is -2.62. The zero-order chi connectivity index (χ0) is 12.9. The van der Waals surface area contributed by atoms with E-state index in [9.17, 15) is 15.0 Å². The molecule has 5 nitrogen and oxygen atoms in total. The molecule has 1 atom stereocenters. The normalized spacial score (nSPS) is 24.9. The number of hydrogen-bond donors (Lipinski definition) is 4. The largest absolute Gasteiger partial charge is 0.394 e. The van der Waals surface area contributed by atoms with Crippen molar-refractivity contribution in [1.29, 1.82) is 0 Å². The van der Waals surface area contributed by atoms with Crippen LogP contribution in [-0.2, 0) is 4.79 Å². The van der Waals surface area contributed by atoms with E-state index in [1.807, 2.05) is 13.8 Å². The van der Waals surface area contributed by atoms with Gasteiger partial charge >= 0.3 is 0 Å². The van der Waals surface area contributed by atoms with E-state index in [0.717, 1.165) is 25.8 Å². The van der Waals surface area contributed by atoms with Crippen molar-refractivity contribution in [3.8, 4) is 0 Å². The fourth-order valence-corrected chi connectivity index (χ4v) is 2.26. The molecule has 17 heavy (non-hydrogen) atoms. The number of nitrogens with one attached hydrogen (secondary N) is 2. The minimum atomic E-state index is -0.899. The van der Waals surface area contributed by atoms with E-state index in [-0.39, 0.29) is 19.1 Å². The topological polar surface area (TPSA) is 81.6 Å². The van der Waals surface area contributed by atoms with Crippen LogP contribution >= 0.6 is 0 Å². The molecule has 1 unspecified atom stereocenters. The first-order chi connectivity index (χ1) is 8.08. The number of hydrogen-bond acceptors (Lipinski definition) is 4. The van der Waals surface area contributed by atoms with Crippen LogP contribution in [0.3, 0.4) is 0 Å². The Morgan fingerprint density at radius 2 is 2.06 bits per heavy atom. The third kappa shape index (κ3) is 2.78. The van der Waals surface area contributed by atoms with Crippen molar-refractivity contribution < 1.29 is 15.0 Å². The minimum absolute atomic E-state index is 0.109. The van der Waals surface area contributed by atoms with Crippen molar-refractivity contribution >= 4 is 5.91 Å². The maximum atomic E-state index is 12.3. The SMILES string of the molecule is CCC(CO)(CO)NC(=O)C1(CC)CCCN1. The summed E-state index contributed by atoms with van der Waals surface area (Å²) in [7, 11) is 0. The summed E-state index contributed by atoms with van der Waals surface area (Å²) in [5.41, 5.74) is -1.42. The smallest absolute Gasteiger partial charge is 0.240 e. The van der Waals surface area contributed by atoms with Gasteiger partial charge in [0, 0.05) is 0 Å². The van der Waals surface area contributed by atoms with Gasteiger partial charge in [-0.25, -0.2) is 0 Å². The second-order valence-electron chi connectivity index (χ2n) is 4.87. The number of amides is 1. The monoisotopic (exact) mass is 244 g/mol. The summed E-state index contributed by atoms with van der Waals surface area (Å²) in [5.74, 6) is -0.109. The Balaban J connectivity index is 2.75. The van der Waals surface area contributed by atoms with Gasteiger partial charge in [-0.05, 0) is 32.2 Å². The molecule has 100 valence electrons. The molecule has 0 saturated carbocycles. The first-order valence-electron chi connectivity index (χ1n) is 6.37. The van der Waals surface area contributed by atoms with E-state index in [1.165, 1.54) is 0 Å². The van der Waals surface area contributed by atoms with Crippen molar-refractivity contribution in [3.63, 3.8) is 0 Å². The zero-order valence-corrected chi connectivity index (χ0v) is 10.8. The lowest BCUT2D eigenvalue weighted by molar-refractivity contribution is -0.130. The Hall–Kier alpha value is -0.650. The van der Waals surface area contributed by atoms with Gasteiger partial charge in [0.2, 0.25) is 5.91 Å². The van der Waals surface area contributed by atoms with Gasteiger partial charge in [0.1, 0.15) is 0 Å². The number of aliphatic hydroxyl groups excluding tert-OH is 2. The van der Waals surface area contributed by atoms with Crippen LogP contribution < -0.4 is 10.6 Å². The molecule has 0 aromatic carbocycles. The van der Waals surface area contributed by atoms with Crippen LogP contribution in [0.1, 0.15) is 39.5 Å². The van der Waals surface area contributed by atoms with Gasteiger partial charge in [0.05, 0.1) is 24.3 Å². The molecule has 0 aliphatic carbocycles. The highest BCUT2D eigenvalue weighted by molar-refractivity contribution is 5.87. The summed E-state index contributed by atoms with van der Waals surface area (Å²) in [4.78, 5) is 12.3. The van der Waals surface area contributed by atoms with Gasteiger partial charge in [-0.1, -0.05) is 13.8 Å². The summed E-state index contributed by atoms with van der Waals surface area (Å²) in [5, 5.41) is 24.7. The van der Waals surface area contributed by atoms with Crippen molar-refractivity contribution in [1.82, 2.24) is 10.6 Å². The first kappa shape index (κ1) is 14.4. The van der Waals surface area contributed by atoms with Crippen molar-refractivity contribution in [3.05, 3.63) is 0 Å². The van der Waals surface area contributed by atoms with Crippen LogP contribution in [0, 0.1) is 0 Å². The average molecular weight is 244 g/mol.